The summed E-state index contributed by atoms with van der Waals surface area (Å²) in [7, 11) is 1.64. The molecule has 1 aromatic carbocycles. The molecule has 0 bridgehead atoms. The van der Waals surface area contributed by atoms with Crippen molar-refractivity contribution in [2.45, 2.75) is 13.8 Å². The van der Waals surface area contributed by atoms with Gasteiger partial charge in [0, 0.05) is 13.1 Å². The Morgan fingerprint density at radius 2 is 2.00 bits per heavy atom. The van der Waals surface area contributed by atoms with E-state index in [4.69, 9.17) is 4.74 Å². The Balaban J connectivity index is 2.09. The third kappa shape index (κ3) is 4.29. The van der Waals surface area contributed by atoms with Crippen molar-refractivity contribution in [1.29, 1.82) is 0 Å². The molecular weight excluding hydrogens is 294 g/mol. The van der Waals surface area contributed by atoms with E-state index in [9.17, 15) is 9.59 Å². The van der Waals surface area contributed by atoms with Crippen molar-refractivity contribution < 1.29 is 14.3 Å². The van der Waals surface area contributed by atoms with Gasteiger partial charge in [0.15, 0.2) is 0 Å². The lowest BCUT2D eigenvalue weighted by atomic mass is 10.1. The smallest absolute Gasteiger partial charge is 0.343 e. The second-order valence-corrected chi connectivity index (χ2v) is 4.98. The number of rotatable bonds is 5. The van der Waals surface area contributed by atoms with Crippen LogP contribution in [-0.4, -0.2) is 28.3 Å². The minimum atomic E-state index is -0.515. The van der Waals surface area contributed by atoms with Crippen LogP contribution in [0, 0.1) is 6.92 Å². The highest BCUT2D eigenvalue weighted by atomic mass is 16.5. The van der Waals surface area contributed by atoms with Crippen LogP contribution in [0.2, 0.25) is 0 Å². The Morgan fingerprint density at radius 3 is 2.65 bits per heavy atom. The predicted molar refractivity (Wildman–Crippen MR) is 88.0 cm³/mol. The van der Waals surface area contributed by atoms with Gasteiger partial charge in [0.05, 0.1) is 12.8 Å². The number of hydrogen-bond donors (Lipinski definition) is 1. The summed E-state index contributed by atoms with van der Waals surface area (Å²) in [4.78, 5) is 23.9. The first-order chi connectivity index (χ1) is 11.0. The normalized spacial score (nSPS) is 10.7. The van der Waals surface area contributed by atoms with Gasteiger partial charge in [-0.05, 0) is 25.5 Å². The molecule has 0 radical (unpaired) electrons. The first kappa shape index (κ1) is 16.5. The number of hydrogen-bond acceptors (Lipinski definition) is 4. The zero-order chi connectivity index (χ0) is 16.8. The van der Waals surface area contributed by atoms with E-state index in [2.05, 4.69) is 10.4 Å². The molecule has 0 spiro atoms. The second-order valence-electron chi connectivity index (χ2n) is 4.98. The summed E-state index contributed by atoms with van der Waals surface area (Å²) in [5, 5.41) is 6.63. The van der Waals surface area contributed by atoms with Crippen molar-refractivity contribution in [3.8, 4) is 0 Å². The number of esters is 1. The molecule has 2 rings (SSSR count). The lowest BCUT2D eigenvalue weighted by Gasteiger charge is -2.06. The van der Waals surface area contributed by atoms with Gasteiger partial charge in [-0.1, -0.05) is 29.8 Å². The van der Waals surface area contributed by atoms with Crippen molar-refractivity contribution in [1.82, 2.24) is 9.78 Å². The minimum Gasteiger partial charge on any atom is -0.462 e. The Bertz CT molecular complexity index is 730. The molecule has 0 aliphatic rings. The van der Waals surface area contributed by atoms with Crippen molar-refractivity contribution in [2.24, 2.45) is 7.05 Å². The fourth-order valence-corrected chi connectivity index (χ4v) is 1.95. The SMILES string of the molecule is CCOC(=O)c1cnn(C)c1NC(=O)/C=C/c1ccc(C)cc1. The quantitative estimate of drug-likeness (QED) is 0.680. The standard InChI is InChI=1S/C17H19N3O3/c1-4-23-17(22)14-11-18-20(3)16(14)19-15(21)10-9-13-7-5-12(2)6-8-13/h5-11H,4H2,1-3H3,(H,19,21)/b10-9+. The van der Waals surface area contributed by atoms with E-state index in [1.807, 2.05) is 31.2 Å². The average Bonchev–Trinajstić information content (AvgIpc) is 2.88. The number of aryl methyl sites for hydroxylation is 2. The molecule has 0 saturated carbocycles. The van der Waals surface area contributed by atoms with Crippen LogP contribution in [-0.2, 0) is 16.6 Å². The minimum absolute atomic E-state index is 0.228. The highest BCUT2D eigenvalue weighted by molar-refractivity contribution is 6.05. The van der Waals surface area contributed by atoms with Gasteiger partial charge < -0.3 is 10.1 Å². The number of amides is 1. The molecule has 0 aliphatic carbocycles. The topological polar surface area (TPSA) is 73.2 Å². The average molecular weight is 313 g/mol. The molecule has 6 heteroatoms. The van der Waals surface area contributed by atoms with Gasteiger partial charge in [0.25, 0.3) is 0 Å². The van der Waals surface area contributed by atoms with E-state index in [0.29, 0.717) is 5.82 Å². The molecule has 120 valence electrons. The first-order valence-electron chi connectivity index (χ1n) is 7.26. The van der Waals surface area contributed by atoms with E-state index in [1.54, 1.807) is 20.0 Å². The van der Waals surface area contributed by atoms with Gasteiger partial charge in [-0.25, -0.2) is 4.79 Å². The largest absolute Gasteiger partial charge is 0.462 e. The zero-order valence-corrected chi connectivity index (χ0v) is 13.4. The second kappa shape index (κ2) is 7.40. The Hall–Kier alpha value is -2.89. The van der Waals surface area contributed by atoms with E-state index in [1.165, 1.54) is 17.0 Å². The molecule has 0 aliphatic heterocycles. The number of anilines is 1. The van der Waals surface area contributed by atoms with Crippen LogP contribution in [0.1, 0.15) is 28.4 Å². The molecule has 0 atom stereocenters. The number of nitrogens with zero attached hydrogens (tertiary/aromatic N) is 2. The van der Waals surface area contributed by atoms with E-state index < -0.39 is 5.97 Å². The van der Waals surface area contributed by atoms with Crippen molar-refractivity contribution >= 4 is 23.8 Å². The van der Waals surface area contributed by atoms with Crippen LogP contribution in [0.15, 0.2) is 36.5 Å². The highest BCUT2D eigenvalue weighted by Crippen LogP contribution is 2.15. The molecule has 6 nitrogen and oxygen atoms in total. The molecule has 23 heavy (non-hydrogen) atoms. The Morgan fingerprint density at radius 1 is 1.30 bits per heavy atom. The van der Waals surface area contributed by atoms with Crippen LogP contribution in [0.4, 0.5) is 5.82 Å². The maximum atomic E-state index is 12.0. The molecule has 1 aromatic heterocycles. The van der Waals surface area contributed by atoms with Gasteiger partial charge in [0.1, 0.15) is 11.4 Å². The molecule has 1 N–H and O–H groups in total. The summed E-state index contributed by atoms with van der Waals surface area (Å²) in [5.74, 6) is -0.555. The van der Waals surface area contributed by atoms with Crippen molar-refractivity contribution in [3.05, 3.63) is 53.2 Å². The molecular formula is C17H19N3O3. The summed E-state index contributed by atoms with van der Waals surface area (Å²) >= 11 is 0. The number of aromatic nitrogens is 2. The van der Waals surface area contributed by atoms with Gasteiger partial charge in [0.2, 0.25) is 5.91 Å². The third-order valence-corrected chi connectivity index (χ3v) is 3.18. The Kier molecular flexibility index (Phi) is 5.30. The number of carbonyl (C=O) groups excluding carboxylic acids is 2. The summed E-state index contributed by atoms with van der Waals surface area (Å²) < 4.78 is 6.36. The van der Waals surface area contributed by atoms with Gasteiger partial charge in [-0.3, -0.25) is 9.48 Å². The van der Waals surface area contributed by atoms with E-state index in [0.717, 1.165) is 11.1 Å². The number of ether oxygens (including phenoxy) is 1. The van der Waals surface area contributed by atoms with Crippen LogP contribution in [0.25, 0.3) is 6.08 Å². The summed E-state index contributed by atoms with van der Waals surface area (Å²) in [5.41, 5.74) is 2.30. The molecule has 2 aromatic rings. The predicted octanol–water partition coefficient (Wildman–Crippen LogP) is 2.56. The summed E-state index contributed by atoms with van der Waals surface area (Å²) in [6.07, 6.45) is 4.49. The fraction of sp³-hybridized carbons (Fsp3) is 0.235. The van der Waals surface area contributed by atoms with E-state index >= 15 is 0 Å². The maximum Gasteiger partial charge on any atom is 0.343 e. The van der Waals surface area contributed by atoms with Gasteiger partial charge >= 0.3 is 5.97 Å². The van der Waals surface area contributed by atoms with Crippen molar-refractivity contribution in [3.63, 3.8) is 0 Å². The lowest BCUT2D eigenvalue weighted by molar-refractivity contribution is -0.111. The lowest BCUT2D eigenvalue weighted by Crippen LogP contribution is -2.15. The van der Waals surface area contributed by atoms with E-state index in [-0.39, 0.29) is 18.1 Å². The van der Waals surface area contributed by atoms with Crippen LogP contribution in [0.5, 0.6) is 0 Å². The zero-order valence-electron chi connectivity index (χ0n) is 13.4. The molecule has 1 amide bonds. The van der Waals surface area contributed by atoms with Crippen molar-refractivity contribution in [2.75, 3.05) is 11.9 Å². The Labute approximate surface area is 134 Å². The van der Waals surface area contributed by atoms with Gasteiger partial charge in [-0.2, -0.15) is 5.10 Å². The van der Waals surface area contributed by atoms with Crippen LogP contribution < -0.4 is 5.32 Å². The highest BCUT2D eigenvalue weighted by Gasteiger charge is 2.18. The number of benzene rings is 1. The third-order valence-electron chi connectivity index (χ3n) is 3.18. The molecule has 1 heterocycles. The summed E-state index contributed by atoms with van der Waals surface area (Å²) in [6, 6.07) is 7.79. The molecule has 0 fully saturated rings. The monoisotopic (exact) mass is 313 g/mol. The first-order valence-corrected chi connectivity index (χ1v) is 7.26. The maximum absolute atomic E-state index is 12.0. The van der Waals surface area contributed by atoms with Crippen LogP contribution in [0.3, 0.4) is 0 Å². The van der Waals surface area contributed by atoms with Crippen LogP contribution >= 0.6 is 0 Å². The van der Waals surface area contributed by atoms with Gasteiger partial charge in [-0.15, -0.1) is 0 Å². The number of nitrogens with one attached hydrogen (secondary N) is 1. The summed E-state index contributed by atoms with van der Waals surface area (Å²) in [6.45, 7) is 3.98. The molecule has 0 unspecified atom stereocenters. The fourth-order valence-electron chi connectivity index (χ4n) is 1.95. The molecule has 0 saturated heterocycles. The number of carbonyl (C=O) groups is 2.